The van der Waals surface area contributed by atoms with Crippen LogP contribution in [0.3, 0.4) is 0 Å². The van der Waals surface area contributed by atoms with E-state index < -0.39 is 0 Å². The molecule has 20 heavy (non-hydrogen) atoms. The molecule has 0 bridgehead atoms. The zero-order valence-electron chi connectivity index (χ0n) is 12.3. The molecular weight excluding hydrogens is 272 g/mol. The number of nitrogens with two attached hydrogens (primary N) is 1. The summed E-state index contributed by atoms with van der Waals surface area (Å²) in [5.41, 5.74) is 8.28. The molecule has 2 unspecified atom stereocenters. The number of amides is 1. The molecule has 1 amide bonds. The Hall–Kier alpha value is -1.06. The third-order valence-electron chi connectivity index (χ3n) is 4.15. The smallest absolute Gasteiger partial charge is 0.226 e. The molecule has 0 spiro atoms. The van der Waals surface area contributed by atoms with Crippen LogP contribution in [0.15, 0.2) is 24.3 Å². The highest BCUT2D eigenvalue weighted by atomic mass is 35.5. The number of hydrogen-bond acceptors (Lipinski definition) is 2. The van der Waals surface area contributed by atoms with E-state index in [4.69, 9.17) is 5.73 Å². The summed E-state index contributed by atoms with van der Waals surface area (Å²) in [6, 6.07) is 8.79. The molecule has 2 rings (SSSR count). The summed E-state index contributed by atoms with van der Waals surface area (Å²) in [5, 5.41) is 0. The van der Waals surface area contributed by atoms with Crippen LogP contribution in [-0.4, -0.2) is 29.9 Å². The van der Waals surface area contributed by atoms with Gasteiger partial charge in [-0.1, -0.05) is 31.2 Å². The molecule has 1 aromatic carbocycles. The first-order valence-electron chi connectivity index (χ1n) is 7.18. The highest BCUT2D eigenvalue weighted by Gasteiger charge is 2.30. The number of aryl methyl sites for hydroxylation is 1. The largest absolute Gasteiger partial charge is 0.339 e. The lowest BCUT2D eigenvalue weighted by Crippen LogP contribution is -2.41. The summed E-state index contributed by atoms with van der Waals surface area (Å²) < 4.78 is 0. The second-order valence-electron chi connectivity index (χ2n) is 5.60. The topological polar surface area (TPSA) is 46.3 Å². The Morgan fingerprint density at radius 2 is 2.15 bits per heavy atom. The van der Waals surface area contributed by atoms with Gasteiger partial charge in [0.1, 0.15) is 0 Å². The SMILES string of the molecule is Cc1ccccc1CC1CCCN1C(=O)C(C)CN.Cl. The van der Waals surface area contributed by atoms with Crippen molar-refractivity contribution in [2.75, 3.05) is 13.1 Å². The molecule has 1 aromatic rings. The summed E-state index contributed by atoms with van der Waals surface area (Å²) >= 11 is 0. The number of rotatable bonds is 4. The maximum atomic E-state index is 12.3. The van der Waals surface area contributed by atoms with Crippen molar-refractivity contribution in [1.29, 1.82) is 0 Å². The van der Waals surface area contributed by atoms with Crippen molar-refractivity contribution in [2.24, 2.45) is 11.7 Å². The lowest BCUT2D eigenvalue weighted by molar-refractivity contribution is -0.135. The van der Waals surface area contributed by atoms with Crippen molar-refractivity contribution in [3.05, 3.63) is 35.4 Å². The van der Waals surface area contributed by atoms with E-state index in [1.54, 1.807) is 0 Å². The van der Waals surface area contributed by atoms with Crippen LogP contribution < -0.4 is 5.73 Å². The third kappa shape index (κ3) is 3.74. The fourth-order valence-corrected chi connectivity index (χ4v) is 2.81. The molecule has 1 fully saturated rings. The molecule has 1 saturated heterocycles. The molecule has 4 heteroatoms. The summed E-state index contributed by atoms with van der Waals surface area (Å²) in [5.74, 6) is 0.163. The second-order valence-corrected chi connectivity index (χ2v) is 5.60. The van der Waals surface area contributed by atoms with E-state index in [9.17, 15) is 4.79 Å². The fourth-order valence-electron chi connectivity index (χ4n) is 2.81. The Bertz CT molecular complexity index is 450. The zero-order chi connectivity index (χ0) is 13.8. The van der Waals surface area contributed by atoms with E-state index in [1.165, 1.54) is 11.1 Å². The average Bonchev–Trinajstić information content (AvgIpc) is 2.87. The van der Waals surface area contributed by atoms with Gasteiger partial charge in [0, 0.05) is 25.0 Å². The highest BCUT2D eigenvalue weighted by Crippen LogP contribution is 2.24. The minimum Gasteiger partial charge on any atom is -0.339 e. The van der Waals surface area contributed by atoms with Crippen LogP contribution in [0.1, 0.15) is 30.9 Å². The van der Waals surface area contributed by atoms with Gasteiger partial charge in [0.15, 0.2) is 0 Å². The molecule has 2 N–H and O–H groups in total. The molecule has 3 nitrogen and oxygen atoms in total. The first-order chi connectivity index (χ1) is 9.13. The predicted molar refractivity (Wildman–Crippen MR) is 85.1 cm³/mol. The molecule has 2 atom stereocenters. The number of hydrogen-bond donors (Lipinski definition) is 1. The van der Waals surface area contributed by atoms with Crippen molar-refractivity contribution >= 4 is 18.3 Å². The number of carbonyl (C=O) groups is 1. The maximum absolute atomic E-state index is 12.3. The monoisotopic (exact) mass is 296 g/mol. The van der Waals surface area contributed by atoms with Crippen molar-refractivity contribution in [3.63, 3.8) is 0 Å². The van der Waals surface area contributed by atoms with E-state index >= 15 is 0 Å². The number of nitrogens with zero attached hydrogens (tertiary/aromatic N) is 1. The van der Waals surface area contributed by atoms with Crippen LogP contribution in [0.2, 0.25) is 0 Å². The van der Waals surface area contributed by atoms with Crippen LogP contribution in [-0.2, 0) is 11.2 Å². The molecule has 1 aliphatic rings. The Labute approximate surface area is 127 Å². The summed E-state index contributed by atoms with van der Waals surface area (Å²) in [6.45, 7) is 5.39. The predicted octanol–water partition coefficient (Wildman–Crippen LogP) is 2.55. The molecule has 0 aliphatic carbocycles. The van der Waals surface area contributed by atoms with Crippen LogP contribution in [0.5, 0.6) is 0 Å². The summed E-state index contributed by atoms with van der Waals surface area (Å²) in [6.07, 6.45) is 3.19. The van der Waals surface area contributed by atoms with Crippen LogP contribution in [0, 0.1) is 12.8 Å². The molecule has 1 heterocycles. The van der Waals surface area contributed by atoms with Crippen molar-refractivity contribution < 1.29 is 4.79 Å². The van der Waals surface area contributed by atoms with E-state index in [0.717, 1.165) is 25.8 Å². The van der Waals surface area contributed by atoms with E-state index in [-0.39, 0.29) is 24.2 Å². The first kappa shape index (κ1) is 17.0. The Morgan fingerprint density at radius 3 is 2.80 bits per heavy atom. The Morgan fingerprint density at radius 1 is 1.45 bits per heavy atom. The Kier molecular flexibility index (Phi) is 6.50. The first-order valence-corrected chi connectivity index (χ1v) is 7.18. The number of benzene rings is 1. The van der Waals surface area contributed by atoms with Crippen molar-refractivity contribution in [2.45, 2.75) is 39.2 Å². The average molecular weight is 297 g/mol. The summed E-state index contributed by atoms with van der Waals surface area (Å²) in [4.78, 5) is 14.4. The van der Waals surface area contributed by atoms with E-state index in [2.05, 4.69) is 31.2 Å². The normalized spacial score (nSPS) is 19.6. The molecule has 112 valence electrons. The van der Waals surface area contributed by atoms with Crippen molar-refractivity contribution in [1.82, 2.24) is 4.90 Å². The van der Waals surface area contributed by atoms with Gasteiger partial charge < -0.3 is 10.6 Å². The third-order valence-corrected chi connectivity index (χ3v) is 4.15. The maximum Gasteiger partial charge on any atom is 0.226 e. The van der Waals surface area contributed by atoms with Gasteiger partial charge >= 0.3 is 0 Å². The van der Waals surface area contributed by atoms with Crippen molar-refractivity contribution in [3.8, 4) is 0 Å². The highest BCUT2D eigenvalue weighted by molar-refractivity contribution is 5.85. The molecule has 1 aliphatic heterocycles. The number of halogens is 1. The Balaban J connectivity index is 0.00000200. The van der Waals surface area contributed by atoms with E-state index in [1.807, 2.05) is 11.8 Å². The molecule has 0 aromatic heterocycles. The van der Waals surface area contributed by atoms with Gasteiger partial charge in [0.05, 0.1) is 0 Å². The lowest BCUT2D eigenvalue weighted by Gasteiger charge is -2.27. The van der Waals surface area contributed by atoms with Gasteiger partial charge in [-0.05, 0) is 37.3 Å². The van der Waals surface area contributed by atoms with Gasteiger partial charge in [-0.25, -0.2) is 0 Å². The molecule has 0 radical (unpaired) electrons. The zero-order valence-corrected chi connectivity index (χ0v) is 13.2. The van der Waals surface area contributed by atoms with Gasteiger partial charge in [0.25, 0.3) is 0 Å². The molecule has 0 saturated carbocycles. The molecular formula is C16H25ClN2O. The minimum absolute atomic E-state index is 0. The van der Waals surface area contributed by atoms with Gasteiger partial charge in [-0.15, -0.1) is 12.4 Å². The van der Waals surface area contributed by atoms with Crippen LogP contribution in [0.4, 0.5) is 0 Å². The van der Waals surface area contributed by atoms with Gasteiger partial charge in [-0.3, -0.25) is 4.79 Å². The second kappa shape index (κ2) is 7.65. The standard InChI is InChI=1S/C16H24N2O.ClH/c1-12-6-3-4-7-14(12)10-15-8-5-9-18(15)16(19)13(2)11-17;/h3-4,6-7,13,15H,5,8-11,17H2,1-2H3;1H. The van der Waals surface area contributed by atoms with Gasteiger partial charge in [-0.2, -0.15) is 0 Å². The number of carbonyl (C=O) groups excluding carboxylic acids is 1. The fraction of sp³-hybridized carbons (Fsp3) is 0.562. The number of likely N-dealkylation sites (tertiary alicyclic amines) is 1. The summed E-state index contributed by atoms with van der Waals surface area (Å²) in [7, 11) is 0. The van der Waals surface area contributed by atoms with Gasteiger partial charge in [0.2, 0.25) is 5.91 Å². The minimum atomic E-state index is -0.0579. The quantitative estimate of drug-likeness (QED) is 0.928. The van der Waals surface area contributed by atoms with E-state index in [0.29, 0.717) is 12.6 Å². The van der Waals surface area contributed by atoms with Crippen LogP contribution in [0.25, 0.3) is 0 Å². The van der Waals surface area contributed by atoms with Crippen LogP contribution >= 0.6 is 12.4 Å². The lowest BCUT2D eigenvalue weighted by atomic mass is 9.99.